The van der Waals surface area contributed by atoms with Gasteiger partial charge in [-0.05, 0) is 47.7 Å². The average Bonchev–Trinajstić information content (AvgIpc) is 2.60. The van der Waals surface area contributed by atoms with Gasteiger partial charge in [0.05, 0.1) is 0 Å². The molecule has 118 valence electrons. The first-order chi connectivity index (χ1) is 11.2. The van der Waals surface area contributed by atoms with Gasteiger partial charge >= 0.3 is 0 Å². The molecule has 2 nitrogen and oxygen atoms in total. The molecule has 0 heterocycles. The molecule has 0 radical (unpaired) electrons. The van der Waals surface area contributed by atoms with E-state index in [1.54, 1.807) is 6.07 Å². The van der Waals surface area contributed by atoms with Crippen molar-refractivity contribution in [3.8, 4) is 0 Å². The van der Waals surface area contributed by atoms with Gasteiger partial charge in [-0.2, -0.15) is 0 Å². The fourth-order valence-corrected chi connectivity index (χ4v) is 2.55. The van der Waals surface area contributed by atoms with Crippen LogP contribution >= 0.6 is 0 Å². The van der Waals surface area contributed by atoms with E-state index in [4.69, 9.17) is 0 Å². The Kier molecular flexibility index (Phi) is 5.93. The number of allylic oxidation sites excluding steroid dienone is 1. The maximum atomic E-state index is 11.0. The summed E-state index contributed by atoms with van der Waals surface area (Å²) in [7, 11) is 0. The second-order valence-electron chi connectivity index (χ2n) is 5.42. The molecule has 0 saturated heterocycles. The lowest BCUT2D eigenvalue weighted by atomic mass is 10.00. The van der Waals surface area contributed by atoms with E-state index in [1.165, 1.54) is 11.1 Å². The van der Waals surface area contributed by atoms with Crippen molar-refractivity contribution in [2.24, 2.45) is 0 Å². The summed E-state index contributed by atoms with van der Waals surface area (Å²) >= 11 is 0. The number of para-hydroxylation sites is 1. The second kappa shape index (κ2) is 8.14. The molecule has 2 rings (SSSR count). The van der Waals surface area contributed by atoms with Crippen LogP contribution in [0.25, 0.3) is 6.08 Å². The van der Waals surface area contributed by atoms with E-state index in [0.717, 1.165) is 36.1 Å². The SMILES string of the molecule is C=C(/C=C/c1ccc(CC)c(CC)c1)Nc1ccccc1C=O. The van der Waals surface area contributed by atoms with Gasteiger partial charge in [-0.1, -0.05) is 56.8 Å². The Morgan fingerprint density at radius 2 is 1.83 bits per heavy atom. The molecule has 0 aliphatic rings. The van der Waals surface area contributed by atoms with Crippen molar-refractivity contribution in [3.63, 3.8) is 0 Å². The zero-order chi connectivity index (χ0) is 16.7. The monoisotopic (exact) mass is 305 g/mol. The highest BCUT2D eigenvalue weighted by Crippen LogP contribution is 2.17. The minimum absolute atomic E-state index is 0.627. The molecule has 0 fully saturated rings. The van der Waals surface area contributed by atoms with E-state index >= 15 is 0 Å². The molecule has 1 N–H and O–H groups in total. The lowest BCUT2D eigenvalue weighted by Crippen LogP contribution is -1.98. The molecule has 0 spiro atoms. The van der Waals surface area contributed by atoms with Gasteiger partial charge in [0.15, 0.2) is 6.29 Å². The predicted molar refractivity (Wildman–Crippen MR) is 98.8 cm³/mol. The molecule has 2 aromatic rings. The average molecular weight is 305 g/mol. The predicted octanol–water partition coefficient (Wildman–Crippen LogP) is 5.26. The van der Waals surface area contributed by atoms with Crippen LogP contribution in [-0.2, 0) is 12.8 Å². The summed E-state index contributed by atoms with van der Waals surface area (Å²) in [6, 6.07) is 13.9. The molecular formula is C21H23NO. The minimum Gasteiger partial charge on any atom is -0.355 e. The first-order valence-electron chi connectivity index (χ1n) is 7.98. The van der Waals surface area contributed by atoms with Gasteiger partial charge in [-0.15, -0.1) is 0 Å². The summed E-state index contributed by atoms with van der Waals surface area (Å²) in [5, 5.41) is 3.17. The first kappa shape index (κ1) is 16.8. The van der Waals surface area contributed by atoms with Crippen LogP contribution in [-0.4, -0.2) is 6.29 Å². The highest BCUT2D eigenvalue weighted by atomic mass is 16.1. The number of anilines is 1. The zero-order valence-corrected chi connectivity index (χ0v) is 13.8. The Morgan fingerprint density at radius 3 is 2.52 bits per heavy atom. The van der Waals surface area contributed by atoms with Crippen molar-refractivity contribution >= 4 is 18.0 Å². The number of benzene rings is 2. The Hall–Kier alpha value is -2.61. The van der Waals surface area contributed by atoms with Crippen molar-refractivity contribution in [2.45, 2.75) is 26.7 Å². The lowest BCUT2D eigenvalue weighted by molar-refractivity contribution is 0.112. The summed E-state index contributed by atoms with van der Waals surface area (Å²) in [6.07, 6.45) is 6.91. The van der Waals surface area contributed by atoms with Crippen molar-refractivity contribution < 1.29 is 4.79 Å². The molecule has 0 aliphatic heterocycles. The number of carbonyl (C=O) groups is 1. The maximum absolute atomic E-state index is 11.0. The van der Waals surface area contributed by atoms with Crippen molar-refractivity contribution in [2.75, 3.05) is 5.32 Å². The van der Waals surface area contributed by atoms with Gasteiger partial charge < -0.3 is 5.32 Å². The van der Waals surface area contributed by atoms with E-state index in [2.05, 4.69) is 43.9 Å². The minimum atomic E-state index is 0.627. The van der Waals surface area contributed by atoms with Crippen LogP contribution in [0.15, 0.2) is 60.8 Å². The van der Waals surface area contributed by atoms with Crippen LogP contribution in [0.2, 0.25) is 0 Å². The van der Waals surface area contributed by atoms with Crippen LogP contribution in [0, 0.1) is 0 Å². The van der Waals surface area contributed by atoms with Crippen LogP contribution in [0.4, 0.5) is 5.69 Å². The highest BCUT2D eigenvalue weighted by Gasteiger charge is 2.01. The molecule has 2 heteroatoms. The van der Waals surface area contributed by atoms with Crippen molar-refractivity contribution in [1.29, 1.82) is 0 Å². The molecule has 2 aromatic carbocycles. The van der Waals surface area contributed by atoms with Crippen molar-refractivity contribution in [1.82, 2.24) is 0 Å². The number of hydrogen-bond donors (Lipinski definition) is 1. The standard InChI is InChI=1S/C21H23NO/c1-4-18-13-12-17(14-19(18)5-2)11-10-16(3)22-21-9-7-6-8-20(21)15-23/h6-15,22H,3-5H2,1-2H3/b11-10+. The van der Waals surface area contributed by atoms with Crippen LogP contribution < -0.4 is 5.32 Å². The molecule has 0 bridgehead atoms. The maximum Gasteiger partial charge on any atom is 0.152 e. The number of aryl methyl sites for hydroxylation is 2. The van der Waals surface area contributed by atoms with E-state index in [9.17, 15) is 4.79 Å². The Labute approximate surface area is 138 Å². The van der Waals surface area contributed by atoms with Crippen LogP contribution in [0.1, 0.15) is 40.9 Å². The van der Waals surface area contributed by atoms with Gasteiger partial charge in [-0.25, -0.2) is 0 Å². The molecule has 0 unspecified atom stereocenters. The van der Waals surface area contributed by atoms with Gasteiger partial charge in [0.25, 0.3) is 0 Å². The number of carbonyl (C=O) groups excluding carboxylic acids is 1. The summed E-state index contributed by atoms with van der Waals surface area (Å²) in [5.74, 6) is 0. The second-order valence-corrected chi connectivity index (χ2v) is 5.42. The third-order valence-corrected chi connectivity index (χ3v) is 3.85. The van der Waals surface area contributed by atoms with Gasteiger partial charge in [-0.3, -0.25) is 4.79 Å². The van der Waals surface area contributed by atoms with Gasteiger partial charge in [0, 0.05) is 16.9 Å². The molecule has 0 atom stereocenters. The Bertz CT molecular complexity index is 728. The normalized spacial score (nSPS) is 10.7. The first-order valence-corrected chi connectivity index (χ1v) is 7.98. The molecular weight excluding hydrogens is 282 g/mol. The summed E-state index contributed by atoms with van der Waals surface area (Å²) in [6.45, 7) is 8.36. The number of rotatable bonds is 7. The quantitative estimate of drug-likeness (QED) is 0.558. The fourth-order valence-electron chi connectivity index (χ4n) is 2.55. The summed E-state index contributed by atoms with van der Waals surface area (Å²) < 4.78 is 0. The lowest BCUT2D eigenvalue weighted by Gasteiger charge is -2.09. The van der Waals surface area contributed by atoms with E-state index in [0.29, 0.717) is 5.56 Å². The molecule has 0 saturated carbocycles. The Morgan fingerprint density at radius 1 is 1.09 bits per heavy atom. The summed E-state index contributed by atoms with van der Waals surface area (Å²) in [5.41, 5.74) is 6.10. The number of aldehydes is 1. The number of hydrogen-bond acceptors (Lipinski definition) is 2. The largest absolute Gasteiger partial charge is 0.355 e. The molecule has 0 aliphatic carbocycles. The topological polar surface area (TPSA) is 29.1 Å². The Balaban J connectivity index is 2.10. The number of nitrogens with one attached hydrogen (secondary N) is 1. The molecule has 0 amide bonds. The van der Waals surface area contributed by atoms with Gasteiger partial charge in [0.2, 0.25) is 0 Å². The zero-order valence-electron chi connectivity index (χ0n) is 13.8. The van der Waals surface area contributed by atoms with Crippen LogP contribution in [0.5, 0.6) is 0 Å². The van der Waals surface area contributed by atoms with E-state index < -0.39 is 0 Å². The third kappa shape index (κ3) is 4.43. The van der Waals surface area contributed by atoms with E-state index in [1.807, 2.05) is 30.4 Å². The highest BCUT2D eigenvalue weighted by molar-refractivity contribution is 5.84. The smallest absolute Gasteiger partial charge is 0.152 e. The summed E-state index contributed by atoms with van der Waals surface area (Å²) in [4.78, 5) is 11.0. The molecule has 23 heavy (non-hydrogen) atoms. The molecule has 0 aromatic heterocycles. The van der Waals surface area contributed by atoms with E-state index in [-0.39, 0.29) is 0 Å². The fraction of sp³-hybridized carbons (Fsp3) is 0.190. The van der Waals surface area contributed by atoms with Gasteiger partial charge in [0.1, 0.15) is 0 Å². The van der Waals surface area contributed by atoms with Crippen LogP contribution in [0.3, 0.4) is 0 Å². The van der Waals surface area contributed by atoms with Crippen molar-refractivity contribution in [3.05, 3.63) is 83.1 Å². The third-order valence-electron chi connectivity index (χ3n) is 3.85.